The van der Waals surface area contributed by atoms with Crippen LogP contribution in [-0.2, 0) is 16.1 Å². The summed E-state index contributed by atoms with van der Waals surface area (Å²) in [4.78, 5) is 30.4. The summed E-state index contributed by atoms with van der Waals surface area (Å²) in [7, 11) is 3.48. The average Bonchev–Trinajstić information content (AvgIpc) is 3.05. The van der Waals surface area contributed by atoms with Crippen molar-refractivity contribution < 1.29 is 14.0 Å². The quantitative estimate of drug-likeness (QED) is 0.744. The number of rotatable bonds is 6. The maximum absolute atomic E-state index is 13.0. The van der Waals surface area contributed by atoms with E-state index in [1.807, 2.05) is 18.2 Å². The Bertz CT molecular complexity index is 859. The Morgan fingerprint density at radius 1 is 1.18 bits per heavy atom. The van der Waals surface area contributed by atoms with E-state index in [2.05, 4.69) is 0 Å². The molecule has 1 aliphatic rings. The first-order valence-electron chi connectivity index (χ1n) is 9.11. The molecule has 2 aromatic rings. The third-order valence-corrected chi connectivity index (χ3v) is 5.32. The van der Waals surface area contributed by atoms with E-state index in [9.17, 15) is 14.0 Å². The van der Waals surface area contributed by atoms with Crippen LogP contribution in [0.25, 0.3) is 0 Å². The van der Waals surface area contributed by atoms with E-state index in [0.717, 1.165) is 5.56 Å². The third kappa shape index (κ3) is 4.51. The minimum absolute atomic E-state index is 0.0513. The van der Waals surface area contributed by atoms with Gasteiger partial charge in [0, 0.05) is 20.1 Å². The lowest BCUT2D eigenvalue weighted by Gasteiger charge is -2.26. The highest BCUT2D eigenvalue weighted by Crippen LogP contribution is 2.30. The third-order valence-electron chi connectivity index (χ3n) is 5.00. The Kier molecular flexibility index (Phi) is 6.31. The number of carbonyl (C=O) groups excluding carboxylic acids is 2. The van der Waals surface area contributed by atoms with E-state index >= 15 is 0 Å². The first kappa shape index (κ1) is 20.3. The number of anilines is 1. The molecule has 2 amide bonds. The molecule has 0 spiro atoms. The number of hydrogen-bond acceptors (Lipinski definition) is 3. The monoisotopic (exact) mass is 403 g/mol. The predicted octanol–water partition coefficient (Wildman–Crippen LogP) is 3.17. The second-order valence-corrected chi connectivity index (χ2v) is 7.44. The van der Waals surface area contributed by atoms with Crippen molar-refractivity contribution >= 4 is 29.1 Å². The van der Waals surface area contributed by atoms with Gasteiger partial charge in [-0.1, -0.05) is 35.9 Å². The van der Waals surface area contributed by atoms with Crippen LogP contribution in [0.5, 0.6) is 0 Å². The van der Waals surface area contributed by atoms with Crippen LogP contribution >= 0.6 is 11.6 Å². The zero-order valence-electron chi connectivity index (χ0n) is 15.9. The normalized spacial score (nSPS) is 16.7. The van der Waals surface area contributed by atoms with Crippen LogP contribution in [-0.4, -0.2) is 54.8 Å². The highest BCUT2D eigenvalue weighted by atomic mass is 35.5. The Hall–Kier alpha value is -2.44. The van der Waals surface area contributed by atoms with Gasteiger partial charge in [-0.2, -0.15) is 0 Å². The maximum Gasteiger partial charge on any atom is 0.244 e. The van der Waals surface area contributed by atoms with Crippen LogP contribution in [0.2, 0.25) is 5.02 Å². The fourth-order valence-corrected chi connectivity index (χ4v) is 3.62. The van der Waals surface area contributed by atoms with Gasteiger partial charge in [0.25, 0.3) is 0 Å². The molecule has 3 rings (SSSR count). The van der Waals surface area contributed by atoms with E-state index in [1.54, 1.807) is 47.0 Å². The molecular weight excluding hydrogens is 381 g/mol. The second kappa shape index (κ2) is 8.71. The maximum atomic E-state index is 13.0. The molecule has 0 N–H and O–H groups in total. The molecule has 7 heteroatoms. The highest BCUT2D eigenvalue weighted by molar-refractivity contribution is 6.33. The molecule has 1 saturated heterocycles. The summed E-state index contributed by atoms with van der Waals surface area (Å²) < 4.78 is 13.0. The van der Waals surface area contributed by atoms with E-state index in [0.29, 0.717) is 30.2 Å². The molecule has 1 aliphatic heterocycles. The molecule has 5 nitrogen and oxygen atoms in total. The molecule has 1 atom stereocenters. The second-order valence-electron chi connectivity index (χ2n) is 7.04. The molecule has 0 bridgehead atoms. The molecule has 1 fully saturated rings. The summed E-state index contributed by atoms with van der Waals surface area (Å²) in [6.07, 6.45) is 0.634. The van der Waals surface area contributed by atoms with Gasteiger partial charge >= 0.3 is 0 Å². The molecule has 0 aliphatic carbocycles. The molecule has 28 heavy (non-hydrogen) atoms. The summed E-state index contributed by atoms with van der Waals surface area (Å²) in [5.74, 6) is -0.458. The van der Waals surface area contributed by atoms with Crippen molar-refractivity contribution in [1.82, 2.24) is 9.80 Å². The minimum atomic E-state index is -0.362. The van der Waals surface area contributed by atoms with Crippen molar-refractivity contribution in [3.05, 3.63) is 64.9 Å². The van der Waals surface area contributed by atoms with E-state index in [1.165, 1.54) is 12.1 Å². The van der Waals surface area contributed by atoms with Gasteiger partial charge in [-0.3, -0.25) is 14.5 Å². The van der Waals surface area contributed by atoms with Crippen LogP contribution in [0, 0.1) is 5.82 Å². The molecule has 1 heterocycles. The molecule has 2 aromatic carbocycles. The lowest BCUT2D eigenvalue weighted by atomic mass is 10.2. The number of halogens is 2. The summed E-state index contributed by atoms with van der Waals surface area (Å²) in [6.45, 7) is 1.08. The molecule has 0 aromatic heterocycles. The smallest absolute Gasteiger partial charge is 0.244 e. The van der Waals surface area contributed by atoms with Crippen LogP contribution in [0.4, 0.5) is 10.1 Å². The van der Waals surface area contributed by atoms with Crippen molar-refractivity contribution in [3.63, 3.8) is 0 Å². The molecule has 148 valence electrons. The number of carbonyl (C=O) groups is 2. The van der Waals surface area contributed by atoms with E-state index < -0.39 is 0 Å². The van der Waals surface area contributed by atoms with Crippen molar-refractivity contribution in [2.24, 2.45) is 0 Å². The van der Waals surface area contributed by atoms with Crippen LogP contribution < -0.4 is 4.90 Å². The van der Waals surface area contributed by atoms with Gasteiger partial charge in [0.1, 0.15) is 5.82 Å². The van der Waals surface area contributed by atoms with Crippen molar-refractivity contribution in [2.75, 3.05) is 32.1 Å². The number of para-hydroxylation sites is 1. The van der Waals surface area contributed by atoms with Crippen LogP contribution in [0.1, 0.15) is 12.0 Å². The predicted molar refractivity (Wildman–Crippen MR) is 108 cm³/mol. The van der Waals surface area contributed by atoms with Crippen LogP contribution in [0.15, 0.2) is 48.5 Å². The number of hydrogen-bond donors (Lipinski definition) is 0. The van der Waals surface area contributed by atoms with Gasteiger partial charge in [-0.25, -0.2) is 4.39 Å². The SMILES string of the molecule is CN(Cc1ccc(F)cc1)C(=O)CN(C)C1CCN(c2ccccc2Cl)C1=O. The first-order chi connectivity index (χ1) is 13.4. The fraction of sp³-hybridized carbons (Fsp3) is 0.333. The lowest BCUT2D eigenvalue weighted by Crippen LogP contribution is -2.45. The van der Waals surface area contributed by atoms with Crippen molar-refractivity contribution in [2.45, 2.75) is 19.0 Å². The minimum Gasteiger partial charge on any atom is -0.340 e. The standard InChI is InChI=1S/C21H23ClFN3O2/c1-24(14-20(27)25(2)13-15-7-9-16(23)10-8-15)19-11-12-26(21(19)28)18-6-4-3-5-17(18)22/h3-10,19H,11-14H2,1-2H3. The van der Waals surface area contributed by atoms with Gasteiger partial charge in [-0.05, 0) is 43.3 Å². The summed E-state index contributed by atoms with van der Waals surface area (Å²) in [6, 6.07) is 13.0. The fourth-order valence-electron chi connectivity index (χ4n) is 3.38. The summed E-state index contributed by atoms with van der Waals surface area (Å²) in [5, 5.41) is 0.536. The van der Waals surface area contributed by atoms with Gasteiger partial charge in [0.05, 0.1) is 23.3 Å². The number of amides is 2. The Morgan fingerprint density at radius 2 is 1.86 bits per heavy atom. The van der Waals surface area contributed by atoms with Gasteiger partial charge in [0.15, 0.2) is 0 Å². The van der Waals surface area contributed by atoms with Crippen molar-refractivity contribution in [3.8, 4) is 0 Å². The van der Waals surface area contributed by atoms with E-state index in [4.69, 9.17) is 11.6 Å². The topological polar surface area (TPSA) is 43.9 Å². The van der Waals surface area contributed by atoms with Gasteiger partial charge in [-0.15, -0.1) is 0 Å². The Balaban J connectivity index is 1.59. The number of benzene rings is 2. The average molecular weight is 404 g/mol. The van der Waals surface area contributed by atoms with Gasteiger partial charge < -0.3 is 9.80 Å². The summed E-state index contributed by atoms with van der Waals surface area (Å²) in [5.41, 5.74) is 1.55. The lowest BCUT2D eigenvalue weighted by molar-refractivity contribution is -0.132. The van der Waals surface area contributed by atoms with Crippen LogP contribution in [0.3, 0.4) is 0 Å². The van der Waals surface area contributed by atoms with Crippen molar-refractivity contribution in [1.29, 1.82) is 0 Å². The Labute approximate surface area is 169 Å². The Morgan fingerprint density at radius 3 is 2.54 bits per heavy atom. The zero-order chi connectivity index (χ0) is 20.3. The van der Waals surface area contributed by atoms with E-state index in [-0.39, 0.29) is 30.2 Å². The largest absolute Gasteiger partial charge is 0.340 e. The zero-order valence-corrected chi connectivity index (χ0v) is 16.7. The van der Waals surface area contributed by atoms with Gasteiger partial charge in [0.2, 0.25) is 11.8 Å². The highest BCUT2D eigenvalue weighted by Gasteiger charge is 2.36. The molecule has 1 unspecified atom stereocenters. The first-order valence-corrected chi connectivity index (χ1v) is 9.49. The number of nitrogens with zero attached hydrogens (tertiary/aromatic N) is 3. The molecular formula is C21H23ClFN3O2. The molecule has 0 saturated carbocycles. The number of likely N-dealkylation sites (N-methyl/N-ethyl adjacent to an activating group) is 2. The molecule has 0 radical (unpaired) electrons. The summed E-state index contributed by atoms with van der Waals surface area (Å²) >= 11 is 6.22.